The Kier molecular flexibility index (Phi) is 4.77. The minimum absolute atomic E-state index is 0.0383. The number of piperazine rings is 1. The van der Waals surface area contributed by atoms with Gasteiger partial charge < -0.3 is 9.32 Å². The van der Waals surface area contributed by atoms with Crippen molar-refractivity contribution in [3.05, 3.63) is 54.0 Å². The normalized spacial score (nSPS) is 18.2. The van der Waals surface area contributed by atoms with Gasteiger partial charge in [0.2, 0.25) is 0 Å². The summed E-state index contributed by atoms with van der Waals surface area (Å²) < 4.78 is 9.58. The number of aromatic nitrogens is 3. The molecule has 134 valence electrons. The summed E-state index contributed by atoms with van der Waals surface area (Å²) in [6.07, 6.45) is 2.57. The maximum absolute atomic E-state index is 12.8. The van der Waals surface area contributed by atoms with E-state index in [1.165, 1.54) is 17.1 Å². The standard InChI is InChI=1S/C18H19N5O2S/c1-22-9-10-23(12-14(22)11-13-5-3-2-4-6-13)18(24)17-21-20-16(25-17)15-7-8-19-26-15/h2-8,14H,9-12H2,1H3. The van der Waals surface area contributed by atoms with Gasteiger partial charge in [0.1, 0.15) is 4.88 Å². The largest absolute Gasteiger partial charge is 0.411 e. The maximum Gasteiger partial charge on any atom is 0.311 e. The molecule has 0 spiro atoms. The smallest absolute Gasteiger partial charge is 0.311 e. The van der Waals surface area contributed by atoms with Gasteiger partial charge in [0.25, 0.3) is 5.89 Å². The van der Waals surface area contributed by atoms with Crippen LogP contribution in [0.3, 0.4) is 0 Å². The summed E-state index contributed by atoms with van der Waals surface area (Å²) in [5.74, 6) is 0.168. The Balaban J connectivity index is 1.46. The molecule has 1 fully saturated rings. The molecule has 3 heterocycles. The lowest BCUT2D eigenvalue weighted by Crippen LogP contribution is -2.54. The Labute approximate surface area is 155 Å². The van der Waals surface area contributed by atoms with Crippen LogP contribution < -0.4 is 0 Å². The zero-order chi connectivity index (χ0) is 17.9. The predicted molar refractivity (Wildman–Crippen MR) is 97.9 cm³/mol. The summed E-state index contributed by atoms with van der Waals surface area (Å²) in [7, 11) is 2.10. The van der Waals surface area contributed by atoms with E-state index in [0.29, 0.717) is 19.0 Å². The lowest BCUT2D eigenvalue weighted by molar-refractivity contribution is 0.0512. The molecule has 1 aromatic carbocycles. The van der Waals surface area contributed by atoms with E-state index in [9.17, 15) is 4.79 Å². The summed E-state index contributed by atoms with van der Waals surface area (Å²) in [5, 5.41) is 7.90. The van der Waals surface area contributed by atoms with E-state index in [1.54, 1.807) is 17.2 Å². The second kappa shape index (κ2) is 7.35. The average molecular weight is 369 g/mol. The van der Waals surface area contributed by atoms with E-state index in [4.69, 9.17) is 4.42 Å². The first kappa shape index (κ1) is 16.9. The van der Waals surface area contributed by atoms with Crippen LogP contribution in [0.4, 0.5) is 0 Å². The Morgan fingerprint density at radius 2 is 2.08 bits per heavy atom. The van der Waals surface area contributed by atoms with Crippen LogP contribution in [0.1, 0.15) is 16.2 Å². The molecule has 1 amide bonds. The summed E-state index contributed by atoms with van der Waals surface area (Å²) in [5.41, 5.74) is 1.27. The van der Waals surface area contributed by atoms with Gasteiger partial charge >= 0.3 is 11.8 Å². The van der Waals surface area contributed by atoms with E-state index >= 15 is 0 Å². The molecule has 0 radical (unpaired) electrons. The van der Waals surface area contributed by atoms with Crippen molar-refractivity contribution < 1.29 is 9.21 Å². The average Bonchev–Trinajstić information content (AvgIpc) is 3.35. The second-order valence-corrected chi connectivity index (χ2v) is 7.20. The number of hydrogen-bond donors (Lipinski definition) is 0. The molecule has 0 N–H and O–H groups in total. The van der Waals surface area contributed by atoms with E-state index in [2.05, 4.69) is 38.7 Å². The molecule has 4 rings (SSSR count). The number of amides is 1. The van der Waals surface area contributed by atoms with Gasteiger partial charge in [0, 0.05) is 31.9 Å². The molecular weight excluding hydrogens is 350 g/mol. The van der Waals surface area contributed by atoms with Crippen LogP contribution in [0.25, 0.3) is 10.8 Å². The predicted octanol–water partition coefficient (Wildman–Crippen LogP) is 2.19. The number of hydrogen-bond acceptors (Lipinski definition) is 7. The Hall–Kier alpha value is -2.58. The number of nitrogens with zero attached hydrogens (tertiary/aromatic N) is 5. The molecule has 1 saturated heterocycles. The Morgan fingerprint density at radius 3 is 2.85 bits per heavy atom. The van der Waals surface area contributed by atoms with Crippen LogP contribution in [0.15, 0.2) is 47.0 Å². The molecule has 1 unspecified atom stereocenters. The molecule has 26 heavy (non-hydrogen) atoms. The molecule has 7 nitrogen and oxygen atoms in total. The van der Waals surface area contributed by atoms with Crippen LogP contribution in [0.2, 0.25) is 0 Å². The highest BCUT2D eigenvalue weighted by molar-refractivity contribution is 7.09. The van der Waals surface area contributed by atoms with Gasteiger partial charge in [-0.2, -0.15) is 0 Å². The minimum Gasteiger partial charge on any atom is -0.411 e. The molecule has 1 aliphatic heterocycles. The molecular formula is C18H19N5O2S. The van der Waals surface area contributed by atoms with Crippen molar-refractivity contribution in [3.63, 3.8) is 0 Å². The highest BCUT2D eigenvalue weighted by Crippen LogP contribution is 2.22. The molecule has 0 aliphatic carbocycles. The molecule has 1 aliphatic rings. The first-order valence-corrected chi connectivity index (χ1v) is 9.26. The van der Waals surface area contributed by atoms with E-state index in [-0.39, 0.29) is 17.8 Å². The monoisotopic (exact) mass is 369 g/mol. The van der Waals surface area contributed by atoms with Crippen LogP contribution in [-0.2, 0) is 6.42 Å². The van der Waals surface area contributed by atoms with E-state index in [0.717, 1.165) is 17.8 Å². The van der Waals surface area contributed by atoms with Crippen molar-refractivity contribution in [1.29, 1.82) is 0 Å². The third-order valence-corrected chi connectivity index (χ3v) is 5.37. The van der Waals surface area contributed by atoms with Gasteiger partial charge in [-0.3, -0.25) is 9.69 Å². The van der Waals surface area contributed by atoms with Crippen molar-refractivity contribution >= 4 is 17.4 Å². The fraction of sp³-hybridized carbons (Fsp3) is 0.333. The van der Waals surface area contributed by atoms with Crippen molar-refractivity contribution in [2.24, 2.45) is 0 Å². The molecule has 2 aromatic heterocycles. The zero-order valence-electron chi connectivity index (χ0n) is 14.4. The Morgan fingerprint density at radius 1 is 1.23 bits per heavy atom. The third-order valence-electron chi connectivity index (χ3n) is 4.64. The van der Waals surface area contributed by atoms with E-state index < -0.39 is 0 Å². The van der Waals surface area contributed by atoms with Gasteiger partial charge in [-0.25, -0.2) is 4.37 Å². The molecule has 3 aromatic rings. The maximum atomic E-state index is 12.8. The molecule has 8 heteroatoms. The van der Waals surface area contributed by atoms with Crippen LogP contribution in [0.5, 0.6) is 0 Å². The summed E-state index contributed by atoms with van der Waals surface area (Å²) in [4.78, 5) is 17.6. The van der Waals surface area contributed by atoms with Crippen molar-refractivity contribution in [2.75, 3.05) is 26.7 Å². The van der Waals surface area contributed by atoms with Crippen molar-refractivity contribution in [2.45, 2.75) is 12.5 Å². The number of rotatable bonds is 4. The number of carbonyl (C=O) groups excluding carboxylic acids is 1. The lowest BCUT2D eigenvalue weighted by Gasteiger charge is -2.39. The van der Waals surface area contributed by atoms with Gasteiger partial charge in [-0.15, -0.1) is 10.2 Å². The van der Waals surface area contributed by atoms with Crippen molar-refractivity contribution in [3.8, 4) is 10.8 Å². The first-order chi connectivity index (χ1) is 12.7. The molecule has 1 atom stereocenters. The molecule has 0 saturated carbocycles. The first-order valence-electron chi connectivity index (χ1n) is 8.48. The van der Waals surface area contributed by atoms with Gasteiger partial charge in [-0.1, -0.05) is 30.3 Å². The topological polar surface area (TPSA) is 75.4 Å². The highest BCUT2D eigenvalue weighted by Gasteiger charge is 2.30. The van der Waals surface area contributed by atoms with Crippen LogP contribution in [0, 0.1) is 0 Å². The summed E-state index contributed by atoms with van der Waals surface area (Å²) in [6, 6.07) is 12.4. The van der Waals surface area contributed by atoms with Gasteiger partial charge in [0.15, 0.2) is 0 Å². The number of likely N-dealkylation sites (N-methyl/N-ethyl adjacent to an activating group) is 1. The fourth-order valence-corrected chi connectivity index (χ4v) is 3.63. The fourth-order valence-electron chi connectivity index (χ4n) is 3.11. The quantitative estimate of drug-likeness (QED) is 0.702. The SMILES string of the molecule is CN1CCN(C(=O)c2nnc(-c3ccns3)o2)CC1Cc1ccccc1. The van der Waals surface area contributed by atoms with Crippen molar-refractivity contribution in [1.82, 2.24) is 24.4 Å². The van der Waals surface area contributed by atoms with Gasteiger partial charge in [-0.05, 0) is 36.6 Å². The third kappa shape index (κ3) is 3.51. The zero-order valence-corrected chi connectivity index (χ0v) is 15.2. The van der Waals surface area contributed by atoms with Crippen LogP contribution >= 0.6 is 11.5 Å². The van der Waals surface area contributed by atoms with Gasteiger partial charge in [0.05, 0.1) is 0 Å². The Bertz CT molecular complexity index is 865. The molecule has 0 bridgehead atoms. The van der Waals surface area contributed by atoms with E-state index in [1.807, 2.05) is 18.2 Å². The summed E-state index contributed by atoms with van der Waals surface area (Å²) in [6.45, 7) is 2.11. The second-order valence-electron chi connectivity index (χ2n) is 6.36. The summed E-state index contributed by atoms with van der Waals surface area (Å²) >= 11 is 1.26. The minimum atomic E-state index is -0.209. The number of carbonyl (C=O) groups is 1. The van der Waals surface area contributed by atoms with Crippen LogP contribution in [-0.4, -0.2) is 63.0 Å². The lowest BCUT2D eigenvalue weighted by atomic mass is 10.0. The highest BCUT2D eigenvalue weighted by atomic mass is 32.1. The number of benzene rings is 1.